The van der Waals surface area contributed by atoms with Gasteiger partial charge in [0, 0.05) is 13.1 Å². The maximum Gasteiger partial charge on any atom is 0.249 e. The van der Waals surface area contributed by atoms with Crippen LogP contribution >= 0.6 is 11.3 Å². The Kier molecular flexibility index (Phi) is 2.94. The van der Waals surface area contributed by atoms with E-state index in [0.29, 0.717) is 0 Å². The summed E-state index contributed by atoms with van der Waals surface area (Å²) in [5.41, 5.74) is 0. The Morgan fingerprint density at radius 2 is 2.00 bits per heavy atom. The van der Waals surface area contributed by atoms with Crippen LogP contribution in [-0.2, 0) is 10.0 Å². The smallest absolute Gasteiger partial charge is 0.249 e. The molecule has 84 valence electrons. The number of nitrogens with two attached hydrogens (primary N) is 1. The number of rotatable bonds is 2. The lowest BCUT2D eigenvalue weighted by molar-refractivity contribution is 0.577. The van der Waals surface area contributed by atoms with E-state index in [-0.39, 0.29) is 4.21 Å². The van der Waals surface area contributed by atoms with Crippen LogP contribution in [0.15, 0.2) is 10.4 Å². The first-order valence-corrected chi connectivity index (χ1v) is 7.17. The van der Waals surface area contributed by atoms with Gasteiger partial charge in [-0.05, 0) is 19.3 Å². The number of hydrogen-bond donors (Lipinski definition) is 1. The third-order valence-corrected chi connectivity index (χ3v) is 4.85. The topological polar surface area (TPSA) is 76.3 Å². The predicted molar refractivity (Wildman–Crippen MR) is 59.6 cm³/mol. The van der Waals surface area contributed by atoms with Crippen molar-refractivity contribution in [2.24, 2.45) is 5.14 Å². The zero-order valence-corrected chi connectivity index (χ0v) is 9.85. The largest absolute Gasteiger partial charge is 0.348 e. The first kappa shape index (κ1) is 10.8. The molecule has 0 bridgehead atoms. The third-order valence-electron chi connectivity index (χ3n) is 2.38. The quantitative estimate of drug-likeness (QED) is 0.838. The van der Waals surface area contributed by atoms with Gasteiger partial charge in [-0.1, -0.05) is 11.3 Å². The fraction of sp³-hybridized carbons (Fsp3) is 0.625. The molecule has 1 aromatic heterocycles. The Morgan fingerprint density at radius 1 is 1.33 bits per heavy atom. The Hall–Kier alpha value is -0.660. The standard InChI is InChI=1S/C8H13N3O2S2/c9-15(12,13)7-6-10-8(14-7)11-4-2-1-3-5-11/h6H,1-5H2,(H2,9,12,13). The molecule has 0 spiro atoms. The van der Waals surface area contributed by atoms with Crippen molar-refractivity contribution in [2.75, 3.05) is 18.0 Å². The highest BCUT2D eigenvalue weighted by atomic mass is 32.2. The molecule has 5 nitrogen and oxygen atoms in total. The van der Waals surface area contributed by atoms with Crippen molar-refractivity contribution in [2.45, 2.75) is 23.5 Å². The minimum absolute atomic E-state index is 0.142. The summed E-state index contributed by atoms with van der Waals surface area (Å²) in [6, 6.07) is 0. The molecule has 2 N–H and O–H groups in total. The Labute approximate surface area is 93.0 Å². The van der Waals surface area contributed by atoms with E-state index in [4.69, 9.17) is 5.14 Å². The van der Waals surface area contributed by atoms with E-state index in [1.54, 1.807) is 0 Å². The SMILES string of the molecule is NS(=O)(=O)c1cnc(N2CCCCC2)s1. The van der Waals surface area contributed by atoms with Crippen LogP contribution in [0.5, 0.6) is 0 Å². The van der Waals surface area contributed by atoms with Crippen LogP contribution in [0.2, 0.25) is 0 Å². The Bertz CT molecular complexity index is 434. The van der Waals surface area contributed by atoms with Crippen LogP contribution in [0.1, 0.15) is 19.3 Å². The Balaban J connectivity index is 2.19. The fourth-order valence-electron chi connectivity index (χ4n) is 1.61. The van der Waals surface area contributed by atoms with Gasteiger partial charge in [0.1, 0.15) is 0 Å². The van der Waals surface area contributed by atoms with E-state index in [9.17, 15) is 8.42 Å². The molecular weight excluding hydrogens is 234 g/mol. The first-order valence-electron chi connectivity index (χ1n) is 4.81. The van der Waals surface area contributed by atoms with E-state index in [0.717, 1.165) is 42.4 Å². The molecule has 1 aromatic rings. The van der Waals surface area contributed by atoms with E-state index >= 15 is 0 Å². The average Bonchev–Trinajstić information content (AvgIpc) is 2.67. The summed E-state index contributed by atoms with van der Waals surface area (Å²) in [5.74, 6) is 0. The number of hydrogen-bond acceptors (Lipinski definition) is 5. The number of aromatic nitrogens is 1. The van der Waals surface area contributed by atoms with Crippen LogP contribution in [0, 0.1) is 0 Å². The molecule has 1 aliphatic rings. The summed E-state index contributed by atoms with van der Waals surface area (Å²) in [5, 5.41) is 5.79. The molecule has 7 heteroatoms. The zero-order chi connectivity index (χ0) is 10.9. The van der Waals surface area contributed by atoms with E-state index < -0.39 is 10.0 Å². The normalized spacial score (nSPS) is 18.1. The van der Waals surface area contributed by atoms with E-state index in [1.165, 1.54) is 12.6 Å². The predicted octanol–water partition coefficient (Wildman–Crippen LogP) is 0.781. The summed E-state index contributed by atoms with van der Waals surface area (Å²) < 4.78 is 22.3. The summed E-state index contributed by atoms with van der Waals surface area (Å²) in [6.45, 7) is 1.91. The molecule has 0 radical (unpaired) electrons. The minimum atomic E-state index is -3.59. The van der Waals surface area contributed by atoms with Gasteiger partial charge in [0.15, 0.2) is 9.34 Å². The zero-order valence-electron chi connectivity index (χ0n) is 8.22. The van der Waals surface area contributed by atoms with E-state index in [2.05, 4.69) is 9.88 Å². The van der Waals surface area contributed by atoms with Crippen molar-refractivity contribution in [1.29, 1.82) is 0 Å². The number of primary sulfonamides is 1. The van der Waals surface area contributed by atoms with Crippen LogP contribution in [0.25, 0.3) is 0 Å². The van der Waals surface area contributed by atoms with Gasteiger partial charge < -0.3 is 4.90 Å². The fourth-order valence-corrected chi connectivity index (χ4v) is 3.20. The monoisotopic (exact) mass is 247 g/mol. The van der Waals surface area contributed by atoms with Crippen molar-refractivity contribution in [3.63, 3.8) is 0 Å². The molecule has 2 heterocycles. The molecule has 0 saturated carbocycles. The highest BCUT2D eigenvalue weighted by Crippen LogP contribution is 2.27. The summed E-state index contributed by atoms with van der Waals surface area (Å²) in [7, 11) is -3.59. The number of sulfonamides is 1. The van der Waals surface area contributed by atoms with Gasteiger partial charge in [0.25, 0.3) is 0 Å². The second-order valence-corrected chi connectivity index (χ2v) is 6.35. The van der Waals surface area contributed by atoms with Crippen molar-refractivity contribution in [3.05, 3.63) is 6.20 Å². The van der Waals surface area contributed by atoms with Crippen molar-refractivity contribution < 1.29 is 8.42 Å². The minimum Gasteiger partial charge on any atom is -0.348 e. The van der Waals surface area contributed by atoms with Crippen LogP contribution < -0.4 is 10.0 Å². The molecule has 15 heavy (non-hydrogen) atoms. The number of thiazole rings is 1. The van der Waals surface area contributed by atoms with Gasteiger partial charge in [-0.2, -0.15) is 0 Å². The van der Waals surface area contributed by atoms with Gasteiger partial charge in [0.05, 0.1) is 6.20 Å². The highest BCUT2D eigenvalue weighted by molar-refractivity contribution is 7.91. The molecule has 0 aliphatic carbocycles. The molecule has 0 aromatic carbocycles. The van der Waals surface area contributed by atoms with Gasteiger partial charge in [-0.15, -0.1) is 0 Å². The molecular formula is C8H13N3O2S2. The molecule has 1 fully saturated rings. The van der Waals surface area contributed by atoms with Gasteiger partial charge >= 0.3 is 0 Å². The molecule has 2 rings (SSSR count). The lowest BCUT2D eigenvalue weighted by atomic mass is 10.1. The van der Waals surface area contributed by atoms with Crippen molar-refractivity contribution >= 4 is 26.5 Å². The molecule has 0 unspecified atom stereocenters. The van der Waals surface area contributed by atoms with Crippen LogP contribution in [0.4, 0.5) is 5.13 Å². The summed E-state index contributed by atoms with van der Waals surface area (Å²) in [6.07, 6.45) is 4.86. The third kappa shape index (κ3) is 2.47. The first-order chi connectivity index (χ1) is 7.07. The Morgan fingerprint density at radius 3 is 2.53 bits per heavy atom. The maximum absolute atomic E-state index is 11.1. The van der Waals surface area contributed by atoms with E-state index in [1.807, 2.05) is 0 Å². The highest BCUT2D eigenvalue weighted by Gasteiger charge is 2.18. The van der Waals surface area contributed by atoms with Crippen LogP contribution in [-0.4, -0.2) is 26.5 Å². The summed E-state index contributed by atoms with van der Waals surface area (Å²) in [4.78, 5) is 6.21. The van der Waals surface area contributed by atoms with Gasteiger partial charge in [-0.25, -0.2) is 18.5 Å². The maximum atomic E-state index is 11.1. The van der Waals surface area contributed by atoms with Gasteiger partial charge in [-0.3, -0.25) is 0 Å². The molecule has 0 atom stereocenters. The molecule has 1 aliphatic heterocycles. The molecule has 1 saturated heterocycles. The van der Waals surface area contributed by atoms with Crippen molar-refractivity contribution in [3.8, 4) is 0 Å². The van der Waals surface area contributed by atoms with Gasteiger partial charge in [0.2, 0.25) is 10.0 Å². The number of nitrogens with zero attached hydrogens (tertiary/aromatic N) is 2. The second kappa shape index (κ2) is 4.07. The molecule has 0 amide bonds. The average molecular weight is 247 g/mol. The number of piperidine rings is 1. The van der Waals surface area contributed by atoms with Crippen molar-refractivity contribution in [1.82, 2.24) is 4.98 Å². The summed E-state index contributed by atoms with van der Waals surface area (Å²) >= 11 is 1.15. The lowest BCUT2D eigenvalue weighted by Gasteiger charge is -2.25. The van der Waals surface area contributed by atoms with Crippen LogP contribution in [0.3, 0.4) is 0 Å². The number of anilines is 1. The lowest BCUT2D eigenvalue weighted by Crippen LogP contribution is -2.29. The second-order valence-electron chi connectivity index (χ2n) is 3.55.